The molecule has 1 aromatic rings. The Morgan fingerprint density at radius 3 is 2.55 bits per heavy atom. The van der Waals surface area contributed by atoms with Crippen molar-refractivity contribution in [1.82, 2.24) is 4.90 Å². The van der Waals surface area contributed by atoms with Gasteiger partial charge < -0.3 is 9.80 Å². The number of rotatable bonds is 4. The van der Waals surface area contributed by atoms with Crippen LogP contribution in [0, 0.1) is 13.8 Å². The number of carbonyl (C=O) groups is 1. The zero-order valence-electron chi connectivity index (χ0n) is 13.7. The van der Waals surface area contributed by atoms with Gasteiger partial charge in [-0.1, -0.05) is 12.1 Å². The lowest BCUT2D eigenvalue weighted by Gasteiger charge is -2.28. The van der Waals surface area contributed by atoms with Gasteiger partial charge in [0.15, 0.2) is 9.84 Å². The quantitative estimate of drug-likeness (QED) is 0.840. The van der Waals surface area contributed by atoms with Gasteiger partial charge in [0.2, 0.25) is 5.91 Å². The molecule has 22 heavy (non-hydrogen) atoms. The number of benzene rings is 1. The van der Waals surface area contributed by atoms with Crippen molar-refractivity contribution in [3.8, 4) is 0 Å². The van der Waals surface area contributed by atoms with Gasteiger partial charge in [0.25, 0.3) is 0 Å². The maximum absolute atomic E-state index is 12.4. The molecule has 1 fully saturated rings. The van der Waals surface area contributed by atoms with Crippen LogP contribution in [0.1, 0.15) is 17.5 Å². The molecule has 0 spiro atoms. The summed E-state index contributed by atoms with van der Waals surface area (Å²) in [5, 5.41) is 0. The molecule has 1 heterocycles. The highest BCUT2D eigenvalue weighted by Gasteiger charge is 2.32. The van der Waals surface area contributed by atoms with Crippen LogP contribution < -0.4 is 4.90 Å². The molecule has 0 aromatic heterocycles. The molecule has 1 aliphatic rings. The van der Waals surface area contributed by atoms with Crippen molar-refractivity contribution in [2.75, 3.05) is 37.0 Å². The Bertz CT molecular complexity index is 670. The largest absolute Gasteiger partial charge is 0.365 e. The first-order valence-corrected chi connectivity index (χ1v) is 9.27. The van der Waals surface area contributed by atoms with E-state index in [0.717, 1.165) is 11.3 Å². The molecule has 6 heteroatoms. The lowest BCUT2D eigenvalue weighted by molar-refractivity contribution is -0.130. The third kappa shape index (κ3) is 3.61. The van der Waals surface area contributed by atoms with Crippen LogP contribution in [0.2, 0.25) is 0 Å². The molecule has 1 unspecified atom stereocenters. The molecule has 1 aliphatic heterocycles. The Labute approximate surface area is 132 Å². The number of carbonyl (C=O) groups excluding carboxylic acids is 1. The molecule has 0 radical (unpaired) electrons. The van der Waals surface area contributed by atoms with E-state index in [2.05, 4.69) is 0 Å². The zero-order chi connectivity index (χ0) is 16.5. The molecule has 0 N–H and O–H groups in total. The van der Waals surface area contributed by atoms with E-state index in [9.17, 15) is 13.2 Å². The Morgan fingerprint density at radius 2 is 1.95 bits per heavy atom. The van der Waals surface area contributed by atoms with Crippen molar-refractivity contribution >= 4 is 21.4 Å². The van der Waals surface area contributed by atoms with Gasteiger partial charge in [-0.05, 0) is 37.5 Å². The highest BCUT2D eigenvalue weighted by molar-refractivity contribution is 7.91. The Balaban J connectivity index is 2.04. The third-order valence-electron chi connectivity index (χ3n) is 4.51. The molecule has 122 valence electrons. The van der Waals surface area contributed by atoms with Gasteiger partial charge in [-0.3, -0.25) is 4.79 Å². The number of anilines is 1. The fourth-order valence-electron chi connectivity index (χ4n) is 2.83. The summed E-state index contributed by atoms with van der Waals surface area (Å²) >= 11 is 0. The molecule has 0 aliphatic carbocycles. The van der Waals surface area contributed by atoms with Crippen LogP contribution in [0.15, 0.2) is 18.2 Å². The molecule has 2 rings (SSSR count). The van der Waals surface area contributed by atoms with Gasteiger partial charge >= 0.3 is 0 Å². The molecular formula is C16H24N2O3S. The maximum Gasteiger partial charge on any atom is 0.242 e. The van der Waals surface area contributed by atoms with Crippen molar-refractivity contribution in [3.63, 3.8) is 0 Å². The first kappa shape index (κ1) is 16.8. The first-order chi connectivity index (χ1) is 10.2. The molecule has 1 amide bonds. The summed E-state index contributed by atoms with van der Waals surface area (Å²) in [4.78, 5) is 15.9. The van der Waals surface area contributed by atoms with Crippen LogP contribution >= 0.6 is 0 Å². The zero-order valence-corrected chi connectivity index (χ0v) is 14.5. The van der Waals surface area contributed by atoms with Crippen LogP contribution in [-0.4, -0.2) is 57.4 Å². The summed E-state index contributed by atoms with van der Waals surface area (Å²) < 4.78 is 23.1. The predicted molar refractivity (Wildman–Crippen MR) is 89.0 cm³/mol. The average Bonchev–Trinajstić information content (AvgIpc) is 2.81. The Hall–Kier alpha value is -1.56. The minimum Gasteiger partial charge on any atom is -0.365 e. The summed E-state index contributed by atoms with van der Waals surface area (Å²) in [6, 6.07) is 5.83. The van der Waals surface area contributed by atoms with E-state index >= 15 is 0 Å². The normalized spacial score (nSPS) is 19.9. The predicted octanol–water partition coefficient (Wildman–Crippen LogP) is 1.39. The van der Waals surface area contributed by atoms with E-state index in [1.165, 1.54) is 5.56 Å². The average molecular weight is 324 g/mol. The standard InChI is InChI=1S/C16H24N2O3S/c1-12-6-5-7-15(13(12)2)17(3)10-16(19)18(4)14-8-9-22(20,21)11-14/h5-7,14H,8-11H2,1-4H3. The van der Waals surface area contributed by atoms with Gasteiger partial charge in [-0.15, -0.1) is 0 Å². The first-order valence-electron chi connectivity index (χ1n) is 7.44. The van der Waals surface area contributed by atoms with Crippen LogP contribution in [0.25, 0.3) is 0 Å². The number of nitrogens with zero attached hydrogens (tertiary/aromatic N) is 2. The van der Waals surface area contributed by atoms with Crippen LogP contribution in [0.4, 0.5) is 5.69 Å². The summed E-state index contributed by atoms with van der Waals surface area (Å²) in [7, 11) is 0.613. The molecule has 1 aromatic carbocycles. The number of hydrogen-bond donors (Lipinski definition) is 0. The van der Waals surface area contributed by atoms with Gasteiger partial charge in [0.1, 0.15) is 0 Å². The SMILES string of the molecule is Cc1cccc(N(C)CC(=O)N(C)C2CCS(=O)(=O)C2)c1C. The lowest BCUT2D eigenvalue weighted by atomic mass is 10.1. The number of sulfone groups is 1. The van der Waals surface area contributed by atoms with Crippen molar-refractivity contribution < 1.29 is 13.2 Å². The second-order valence-corrected chi connectivity index (χ2v) is 8.37. The van der Waals surface area contributed by atoms with Crippen molar-refractivity contribution in [2.45, 2.75) is 26.3 Å². The monoisotopic (exact) mass is 324 g/mol. The van der Waals surface area contributed by atoms with Gasteiger partial charge in [0.05, 0.1) is 18.1 Å². The second-order valence-electron chi connectivity index (χ2n) is 6.14. The summed E-state index contributed by atoms with van der Waals surface area (Å²) in [6.07, 6.45) is 0.539. The van der Waals surface area contributed by atoms with Gasteiger partial charge in [-0.25, -0.2) is 8.42 Å². The van der Waals surface area contributed by atoms with Crippen LogP contribution in [0.5, 0.6) is 0 Å². The van der Waals surface area contributed by atoms with E-state index < -0.39 is 9.84 Å². The molecule has 5 nitrogen and oxygen atoms in total. The number of likely N-dealkylation sites (N-methyl/N-ethyl adjacent to an activating group) is 2. The number of aryl methyl sites for hydroxylation is 1. The summed E-state index contributed by atoms with van der Waals surface area (Å²) in [6.45, 7) is 4.33. The fraction of sp³-hybridized carbons (Fsp3) is 0.562. The van der Waals surface area contributed by atoms with Crippen molar-refractivity contribution in [2.24, 2.45) is 0 Å². The number of amides is 1. The lowest BCUT2D eigenvalue weighted by Crippen LogP contribution is -2.43. The molecule has 0 saturated carbocycles. The summed E-state index contributed by atoms with van der Waals surface area (Å²) in [5.41, 5.74) is 3.37. The number of hydrogen-bond acceptors (Lipinski definition) is 4. The summed E-state index contributed by atoms with van der Waals surface area (Å²) in [5.74, 6) is 0.218. The van der Waals surface area contributed by atoms with E-state index in [0.29, 0.717) is 6.42 Å². The van der Waals surface area contributed by atoms with Gasteiger partial charge in [0, 0.05) is 25.8 Å². The molecule has 1 atom stereocenters. The van der Waals surface area contributed by atoms with Crippen molar-refractivity contribution in [3.05, 3.63) is 29.3 Å². The molecule has 0 bridgehead atoms. The Kier molecular flexibility index (Phi) is 4.80. The van der Waals surface area contributed by atoms with E-state index in [4.69, 9.17) is 0 Å². The fourth-order valence-corrected chi connectivity index (χ4v) is 4.61. The smallest absolute Gasteiger partial charge is 0.242 e. The highest BCUT2D eigenvalue weighted by atomic mass is 32.2. The van der Waals surface area contributed by atoms with Crippen LogP contribution in [-0.2, 0) is 14.6 Å². The van der Waals surface area contributed by atoms with E-state index in [-0.39, 0.29) is 30.0 Å². The Morgan fingerprint density at radius 1 is 1.27 bits per heavy atom. The second kappa shape index (κ2) is 6.28. The van der Waals surface area contributed by atoms with E-state index in [1.807, 2.05) is 44.0 Å². The van der Waals surface area contributed by atoms with Gasteiger partial charge in [-0.2, -0.15) is 0 Å². The maximum atomic E-state index is 12.4. The van der Waals surface area contributed by atoms with Crippen molar-refractivity contribution in [1.29, 1.82) is 0 Å². The topological polar surface area (TPSA) is 57.7 Å². The molecule has 1 saturated heterocycles. The minimum absolute atomic E-state index is 0.0505. The van der Waals surface area contributed by atoms with Crippen LogP contribution in [0.3, 0.4) is 0 Å². The molecular weight excluding hydrogens is 300 g/mol. The van der Waals surface area contributed by atoms with E-state index in [1.54, 1.807) is 11.9 Å². The minimum atomic E-state index is -2.97. The highest BCUT2D eigenvalue weighted by Crippen LogP contribution is 2.22. The third-order valence-corrected chi connectivity index (χ3v) is 6.26.